The molecule has 1 rings (SSSR count). The van der Waals surface area contributed by atoms with Crippen molar-refractivity contribution in [1.29, 1.82) is 0 Å². The molecule has 1 aromatic rings. The Balaban J connectivity index is 2.21. The van der Waals surface area contributed by atoms with Crippen LogP contribution in [0.3, 0.4) is 0 Å². The number of carbonyl (C=O) groups excluding carboxylic acids is 1. The third kappa shape index (κ3) is 5.63. The fourth-order valence-corrected chi connectivity index (χ4v) is 1.43. The van der Waals surface area contributed by atoms with Crippen LogP contribution in [0, 0.1) is 5.82 Å². The van der Waals surface area contributed by atoms with E-state index in [4.69, 9.17) is 4.74 Å². The molecule has 0 unspecified atom stereocenters. The number of rotatable bonds is 7. The van der Waals surface area contributed by atoms with Crippen LogP contribution in [-0.4, -0.2) is 44.1 Å². The van der Waals surface area contributed by atoms with E-state index >= 15 is 0 Å². The van der Waals surface area contributed by atoms with Gasteiger partial charge in [0.2, 0.25) is 5.91 Å². The summed E-state index contributed by atoms with van der Waals surface area (Å²) >= 11 is 0. The highest BCUT2D eigenvalue weighted by Gasteiger charge is 2.05. The van der Waals surface area contributed by atoms with Crippen LogP contribution in [0.25, 0.3) is 0 Å². The second-order valence-corrected chi connectivity index (χ2v) is 3.99. The zero-order valence-electron chi connectivity index (χ0n) is 10.8. The number of benzene rings is 1. The van der Waals surface area contributed by atoms with Crippen molar-refractivity contribution in [1.82, 2.24) is 10.2 Å². The van der Waals surface area contributed by atoms with Crippen LogP contribution < -0.4 is 10.1 Å². The molecular formula is C13H19FN2O2. The number of nitrogens with zero attached hydrogens (tertiary/aromatic N) is 1. The van der Waals surface area contributed by atoms with E-state index in [1.807, 2.05) is 18.9 Å². The second kappa shape index (κ2) is 7.66. The van der Waals surface area contributed by atoms with Crippen molar-refractivity contribution in [3.8, 4) is 5.75 Å². The predicted octanol–water partition coefficient (Wildman–Crippen LogP) is 1.27. The van der Waals surface area contributed by atoms with Crippen LogP contribution in [-0.2, 0) is 4.79 Å². The first-order valence-electron chi connectivity index (χ1n) is 5.95. The topological polar surface area (TPSA) is 41.6 Å². The maximum atomic E-state index is 12.6. The summed E-state index contributed by atoms with van der Waals surface area (Å²) < 4.78 is 18.1. The van der Waals surface area contributed by atoms with E-state index in [2.05, 4.69) is 5.32 Å². The molecule has 0 heterocycles. The molecule has 5 heteroatoms. The third-order valence-electron chi connectivity index (χ3n) is 2.34. The molecule has 0 aliphatic rings. The summed E-state index contributed by atoms with van der Waals surface area (Å²) in [4.78, 5) is 13.2. The molecule has 1 amide bonds. The van der Waals surface area contributed by atoms with Crippen molar-refractivity contribution >= 4 is 5.91 Å². The van der Waals surface area contributed by atoms with Gasteiger partial charge in [-0.15, -0.1) is 0 Å². The lowest BCUT2D eigenvalue weighted by Crippen LogP contribution is -2.36. The van der Waals surface area contributed by atoms with Crippen LogP contribution in [0.1, 0.15) is 6.92 Å². The first-order chi connectivity index (χ1) is 8.61. The van der Waals surface area contributed by atoms with Crippen LogP contribution in [0.15, 0.2) is 24.3 Å². The second-order valence-electron chi connectivity index (χ2n) is 3.99. The summed E-state index contributed by atoms with van der Waals surface area (Å²) in [5, 5.41) is 2.73. The molecule has 0 fully saturated rings. The Hall–Kier alpha value is -1.62. The molecule has 4 nitrogen and oxygen atoms in total. The van der Waals surface area contributed by atoms with Crippen molar-refractivity contribution in [3.63, 3.8) is 0 Å². The van der Waals surface area contributed by atoms with Gasteiger partial charge in [0.05, 0.1) is 6.54 Å². The highest BCUT2D eigenvalue weighted by atomic mass is 19.1. The lowest BCUT2D eigenvalue weighted by atomic mass is 10.3. The van der Waals surface area contributed by atoms with Crippen LogP contribution >= 0.6 is 0 Å². The minimum absolute atomic E-state index is 0.00165. The van der Waals surface area contributed by atoms with Crippen molar-refractivity contribution < 1.29 is 13.9 Å². The first-order valence-corrected chi connectivity index (χ1v) is 5.95. The van der Waals surface area contributed by atoms with Gasteiger partial charge in [-0.3, -0.25) is 9.69 Å². The number of hydrogen-bond acceptors (Lipinski definition) is 3. The molecule has 18 heavy (non-hydrogen) atoms. The number of nitrogens with one attached hydrogen (secondary N) is 1. The van der Waals surface area contributed by atoms with Gasteiger partial charge in [0.1, 0.15) is 18.2 Å². The number of hydrogen-bond donors (Lipinski definition) is 1. The van der Waals surface area contributed by atoms with Gasteiger partial charge in [-0.25, -0.2) is 4.39 Å². The van der Waals surface area contributed by atoms with Gasteiger partial charge in [-0.1, -0.05) is 0 Å². The molecule has 0 spiro atoms. The van der Waals surface area contributed by atoms with Gasteiger partial charge in [0.25, 0.3) is 0 Å². The molecule has 0 radical (unpaired) electrons. The molecule has 0 saturated carbocycles. The highest BCUT2D eigenvalue weighted by Crippen LogP contribution is 2.10. The van der Waals surface area contributed by atoms with Crippen molar-refractivity contribution in [2.75, 3.05) is 33.3 Å². The Bertz CT molecular complexity index is 368. The van der Waals surface area contributed by atoms with Gasteiger partial charge in [-0.05, 0) is 38.2 Å². The molecule has 0 atom stereocenters. The Morgan fingerprint density at radius 3 is 2.67 bits per heavy atom. The van der Waals surface area contributed by atoms with Gasteiger partial charge in [0.15, 0.2) is 0 Å². The molecule has 0 aliphatic heterocycles. The van der Waals surface area contributed by atoms with Gasteiger partial charge in [-0.2, -0.15) is 0 Å². The average molecular weight is 254 g/mol. The van der Waals surface area contributed by atoms with Crippen LogP contribution in [0.2, 0.25) is 0 Å². The highest BCUT2D eigenvalue weighted by molar-refractivity contribution is 5.77. The van der Waals surface area contributed by atoms with Gasteiger partial charge < -0.3 is 10.1 Å². The summed E-state index contributed by atoms with van der Waals surface area (Å²) in [5.74, 6) is 0.347. The first kappa shape index (κ1) is 14.4. The number of amides is 1. The Labute approximate surface area is 107 Å². The van der Waals surface area contributed by atoms with E-state index in [1.54, 1.807) is 12.1 Å². The van der Waals surface area contributed by atoms with E-state index in [1.165, 1.54) is 12.1 Å². The van der Waals surface area contributed by atoms with Gasteiger partial charge in [0, 0.05) is 13.1 Å². The number of carbonyl (C=O) groups is 1. The summed E-state index contributed by atoms with van der Waals surface area (Å²) in [6.45, 7) is 3.96. The van der Waals surface area contributed by atoms with Crippen LogP contribution in [0.5, 0.6) is 5.75 Å². The fourth-order valence-electron chi connectivity index (χ4n) is 1.43. The van der Waals surface area contributed by atoms with E-state index in [9.17, 15) is 9.18 Å². The quantitative estimate of drug-likeness (QED) is 0.797. The fraction of sp³-hybridized carbons (Fsp3) is 0.462. The van der Waals surface area contributed by atoms with Crippen LogP contribution in [0.4, 0.5) is 4.39 Å². The van der Waals surface area contributed by atoms with Crippen molar-refractivity contribution in [2.24, 2.45) is 0 Å². The monoisotopic (exact) mass is 254 g/mol. The minimum atomic E-state index is -0.282. The maximum Gasteiger partial charge on any atom is 0.234 e. The largest absolute Gasteiger partial charge is 0.492 e. The summed E-state index contributed by atoms with van der Waals surface area (Å²) in [5.41, 5.74) is 0. The summed E-state index contributed by atoms with van der Waals surface area (Å²) in [6.07, 6.45) is 0. The zero-order valence-corrected chi connectivity index (χ0v) is 10.8. The van der Waals surface area contributed by atoms with E-state index < -0.39 is 0 Å². The number of halogens is 1. The minimum Gasteiger partial charge on any atom is -0.492 e. The molecule has 1 aromatic carbocycles. The Morgan fingerprint density at radius 2 is 2.06 bits per heavy atom. The van der Waals surface area contributed by atoms with Gasteiger partial charge >= 0.3 is 0 Å². The molecular weight excluding hydrogens is 235 g/mol. The Kier molecular flexibility index (Phi) is 6.14. The maximum absolute atomic E-state index is 12.6. The number of ether oxygens (including phenoxy) is 1. The standard InChI is InChI=1S/C13H19FN2O2/c1-3-15-13(17)10-16(2)8-9-18-12-6-4-11(14)5-7-12/h4-7H,3,8-10H2,1-2H3,(H,15,17). The third-order valence-corrected chi connectivity index (χ3v) is 2.34. The molecule has 0 bridgehead atoms. The van der Waals surface area contributed by atoms with E-state index in [0.717, 1.165) is 0 Å². The SMILES string of the molecule is CCNC(=O)CN(C)CCOc1ccc(F)cc1. The summed E-state index contributed by atoms with van der Waals surface area (Å²) in [6, 6.07) is 5.87. The molecule has 100 valence electrons. The lowest BCUT2D eigenvalue weighted by Gasteiger charge is -2.16. The molecule has 0 aromatic heterocycles. The van der Waals surface area contributed by atoms with E-state index in [0.29, 0.717) is 32.0 Å². The molecule has 1 N–H and O–H groups in total. The van der Waals surface area contributed by atoms with Crippen molar-refractivity contribution in [3.05, 3.63) is 30.1 Å². The molecule has 0 saturated heterocycles. The average Bonchev–Trinajstić information content (AvgIpc) is 2.32. The zero-order chi connectivity index (χ0) is 13.4. The normalized spacial score (nSPS) is 10.4. The smallest absolute Gasteiger partial charge is 0.234 e. The van der Waals surface area contributed by atoms with Crippen molar-refractivity contribution in [2.45, 2.75) is 6.92 Å². The molecule has 0 aliphatic carbocycles. The number of likely N-dealkylation sites (N-methyl/N-ethyl adjacent to an activating group) is 2. The summed E-state index contributed by atoms with van der Waals surface area (Å²) in [7, 11) is 1.85. The Morgan fingerprint density at radius 1 is 1.39 bits per heavy atom. The van der Waals surface area contributed by atoms with E-state index in [-0.39, 0.29) is 11.7 Å². The predicted molar refractivity (Wildman–Crippen MR) is 68.1 cm³/mol. The lowest BCUT2D eigenvalue weighted by molar-refractivity contribution is -0.121.